The molecule has 22 nitrogen and oxygen atoms in total. The number of nitrogens with zero attached hydrogens (tertiary/aromatic N) is 3. The number of carbonyl (C=O) groups excluding carboxylic acids is 1. The van der Waals surface area contributed by atoms with Crippen molar-refractivity contribution in [2.75, 3.05) is 137 Å². The molecule has 7 aromatic rings. The van der Waals surface area contributed by atoms with Crippen molar-refractivity contribution in [2.24, 2.45) is 0 Å². The highest BCUT2D eigenvalue weighted by Crippen LogP contribution is 2.42. The molecule has 0 N–H and O–H groups in total. The molecule has 95 heavy (non-hydrogen) atoms. The van der Waals surface area contributed by atoms with Crippen LogP contribution in [0.25, 0.3) is 0 Å². The summed E-state index contributed by atoms with van der Waals surface area (Å²) >= 11 is 3.57. The first-order valence-corrected chi connectivity index (χ1v) is 31.1. The summed E-state index contributed by atoms with van der Waals surface area (Å²) in [5.41, 5.74) is 8.09. The first-order valence-electron chi connectivity index (χ1n) is 30.0. The van der Waals surface area contributed by atoms with Gasteiger partial charge in [-0.15, -0.1) is 0 Å². The molecule has 7 aromatic carbocycles. The van der Waals surface area contributed by atoms with Gasteiger partial charge in [-0.25, -0.2) is 4.79 Å². The van der Waals surface area contributed by atoms with Crippen molar-refractivity contribution >= 4 is 21.9 Å². The number of halogens is 1. The van der Waals surface area contributed by atoms with E-state index < -0.39 is 5.97 Å². The predicted molar refractivity (Wildman–Crippen MR) is 353 cm³/mol. The molecule has 0 aliphatic heterocycles. The Hall–Kier alpha value is -9.48. The Balaban J connectivity index is 1.25. The molecule has 0 saturated heterocycles. The highest BCUT2D eigenvalue weighted by molar-refractivity contribution is 9.08. The third kappa shape index (κ3) is 21.3. The van der Waals surface area contributed by atoms with E-state index in [9.17, 15) is 20.6 Å². The van der Waals surface area contributed by atoms with Gasteiger partial charge < -0.3 is 85.3 Å². The number of ether oxygens (including phenoxy) is 18. The van der Waals surface area contributed by atoms with Gasteiger partial charge >= 0.3 is 5.97 Å². The van der Waals surface area contributed by atoms with E-state index in [1.165, 1.54) is 0 Å². The minimum atomic E-state index is -0.543. The van der Waals surface area contributed by atoms with Crippen LogP contribution >= 0.6 is 15.9 Å². The summed E-state index contributed by atoms with van der Waals surface area (Å²) in [5.74, 6) is 5.10. The number of nitriles is 3. The topological polar surface area (TPSA) is 255 Å². The molecule has 0 aliphatic rings. The Morgan fingerprint density at radius 2 is 0.642 bits per heavy atom. The van der Waals surface area contributed by atoms with Gasteiger partial charge in [-0.1, -0.05) is 34.1 Å². The van der Waals surface area contributed by atoms with E-state index >= 15 is 0 Å². The van der Waals surface area contributed by atoms with Crippen LogP contribution in [-0.2, 0) is 65.9 Å². The van der Waals surface area contributed by atoms with Crippen LogP contribution in [0, 0.1) is 34.0 Å². The molecule has 0 aromatic heterocycles. The van der Waals surface area contributed by atoms with Crippen molar-refractivity contribution in [1.82, 2.24) is 0 Å². The zero-order chi connectivity index (χ0) is 67.7. The molecule has 0 saturated carbocycles. The Labute approximate surface area is 562 Å². The summed E-state index contributed by atoms with van der Waals surface area (Å²) in [6.07, 6.45) is 1.18. The number of methoxy groups -OCH3 is 8. The molecular formula is C72H78BrN3O19. The molecule has 0 amide bonds. The molecule has 7 rings (SSSR count). The highest BCUT2D eigenvalue weighted by atomic mass is 79.9. The van der Waals surface area contributed by atoms with Gasteiger partial charge in [0.1, 0.15) is 87.2 Å². The lowest BCUT2D eigenvalue weighted by Gasteiger charge is -2.21. The van der Waals surface area contributed by atoms with Gasteiger partial charge in [0.2, 0.25) is 0 Å². The summed E-state index contributed by atoms with van der Waals surface area (Å²) in [4.78, 5) is 13.1. The molecule has 0 bridgehead atoms. The lowest BCUT2D eigenvalue weighted by Crippen LogP contribution is -2.11. The fraction of sp³-hybridized carbons (Fsp3) is 0.361. The fourth-order valence-electron chi connectivity index (χ4n) is 10.1. The first kappa shape index (κ1) is 72.9. The minimum absolute atomic E-state index is 0.00950. The zero-order valence-electron chi connectivity index (χ0n) is 54.6. The van der Waals surface area contributed by atoms with Crippen molar-refractivity contribution in [2.45, 2.75) is 37.4 Å². The maximum atomic E-state index is 13.1. The molecule has 502 valence electrons. The molecule has 0 atom stereocenters. The normalized spacial score (nSPS) is 10.8. The van der Waals surface area contributed by atoms with Crippen molar-refractivity contribution in [3.05, 3.63) is 176 Å². The van der Waals surface area contributed by atoms with Crippen molar-refractivity contribution < 1.29 is 90.1 Å². The number of carbonyl (C=O) groups is 1. The summed E-state index contributed by atoms with van der Waals surface area (Å²) in [7, 11) is 12.6. The second-order valence-corrected chi connectivity index (χ2v) is 21.3. The Kier molecular flexibility index (Phi) is 30.2. The number of rotatable bonds is 42. The van der Waals surface area contributed by atoms with Gasteiger partial charge in [0.15, 0.2) is 40.2 Å². The Morgan fingerprint density at radius 3 is 0.968 bits per heavy atom. The van der Waals surface area contributed by atoms with Crippen molar-refractivity contribution in [3.8, 4) is 87.2 Å². The van der Waals surface area contributed by atoms with Crippen LogP contribution in [0.5, 0.6) is 69.0 Å². The summed E-state index contributed by atoms with van der Waals surface area (Å²) < 4.78 is 106. The summed E-state index contributed by atoms with van der Waals surface area (Å²) in [5, 5.41) is 29.7. The van der Waals surface area contributed by atoms with Crippen LogP contribution in [0.4, 0.5) is 0 Å². The van der Waals surface area contributed by atoms with Crippen molar-refractivity contribution in [3.63, 3.8) is 0 Å². The minimum Gasteiger partial charge on any atom is -0.496 e. The second-order valence-electron chi connectivity index (χ2n) is 20.7. The fourth-order valence-corrected chi connectivity index (χ4v) is 10.5. The third-order valence-electron chi connectivity index (χ3n) is 14.7. The quantitative estimate of drug-likeness (QED) is 0.0113. The van der Waals surface area contributed by atoms with E-state index in [4.69, 9.17) is 85.3 Å². The molecular weight excluding hydrogens is 1290 g/mol. The van der Waals surface area contributed by atoms with Crippen LogP contribution in [0.15, 0.2) is 109 Å². The smallest absolute Gasteiger partial charge is 0.343 e. The molecule has 0 radical (unpaired) electrons. The molecule has 0 fully saturated rings. The lowest BCUT2D eigenvalue weighted by atomic mass is 9.93. The Morgan fingerprint density at radius 1 is 0.347 bits per heavy atom. The number of alkyl halides is 1. The Bertz CT molecular complexity index is 3750. The van der Waals surface area contributed by atoms with Gasteiger partial charge in [0.25, 0.3) is 0 Å². The van der Waals surface area contributed by atoms with E-state index in [0.29, 0.717) is 157 Å². The van der Waals surface area contributed by atoms with Crippen LogP contribution in [-0.4, -0.2) is 143 Å². The maximum absolute atomic E-state index is 13.1. The average molecular weight is 1370 g/mol. The van der Waals surface area contributed by atoms with Gasteiger partial charge in [-0.2, -0.15) is 15.8 Å². The molecule has 0 aliphatic carbocycles. The number of hydrogen-bond donors (Lipinski definition) is 0. The van der Waals surface area contributed by atoms with Gasteiger partial charge in [0, 0.05) is 120 Å². The predicted octanol–water partition coefficient (Wildman–Crippen LogP) is 11.5. The van der Waals surface area contributed by atoms with E-state index in [-0.39, 0.29) is 84.8 Å². The number of esters is 1. The summed E-state index contributed by atoms with van der Waals surface area (Å²) in [6.45, 7) is 1.03. The van der Waals surface area contributed by atoms with Crippen LogP contribution in [0.1, 0.15) is 71.6 Å². The monoisotopic (exact) mass is 1370 g/mol. The molecule has 0 heterocycles. The van der Waals surface area contributed by atoms with E-state index in [0.717, 1.165) is 11.1 Å². The number of hydrogen-bond acceptors (Lipinski definition) is 22. The molecule has 23 heteroatoms. The highest BCUT2D eigenvalue weighted by Gasteiger charge is 2.24. The van der Waals surface area contributed by atoms with E-state index in [1.807, 2.05) is 72.8 Å². The summed E-state index contributed by atoms with van der Waals surface area (Å²) in [6, 6.07) is 38.5. The van der Waals surface area contributed by atoms with E-state index in [2.05, 4.69) is 28.1 Å². The van der Waals surface area contributed by atoms with Gasteiger partial charge in [-0.05, 0) is 91.0 Å². The first-order chi connectivity index (χ1) is 46.5. The maximum Gasteiger partial charge on any atom is 0.343 e. The van der Waals surface area contributed by atoms with Gasteiger partial charge in [-0.3, -0.25) is 0 Å². The third-order valence-corrected chi connectivity index (χ3v) is 15.3. The van der Waals surface area contributed by atoms with Crippen LogP contribution in [0.3, 0.4) is 0 Å². The van der Waals surface area contributed by atoms with E-state index in [1.54, 1.807) is 99.3 Å². The average Bonchev–Trinajstić information content (AvgIpc) is 0.841. The lowest BCUT2D eigenvalue weighted by molar-refractivity contribution is -0.00897. The SMILES string of the molecule is COCCOCOc1cc(Cc2cc(OC)c(Cc3cc(OC)c(Cc4cc(OC)c(Cc5cc(OC)c(Cc6cc(OC(=O)c7ccccc7)ccc6OCC#N)cc5OCOCCOC)cc4OCC#N)cc3OCOCCOC)cc2OCC#N)c(OC)cc1CBr. The number of benzene rings is 7. The molecule has 0 unspecified atom stereocenters. The largest absolute Gasteiger partial charge is 0.496 e. The van der Waals surface area contributed by atoms with Crippen molar-refractivity contribution in [1.29, 1.82) is 15.8 Å². The van der Waals surface area contributed by atoms with Crippen LogP contribution in [0.2, 0.25) is 0 Å². The molecule has 0 spiro atoms. The van der Waals surface area contributed by atoms with Crippen LogP contribution < -0.4 is 56.8 Å². The van der Waals surface area contributed by atoms with Gasteiger partial charge in [0.05, 0.1) is 80.8 Å². The standard InChI is InChI=1S/C72H78BrN3O19/c1-78-22-25-86-45-92-69-40-50(28-49-33-60(14-15-61(49)89-19-16-74)95-72(77)48-12-10-9-11-13-48)64(83-6)36-57(69)31-51-38-67(90-20-17-75)55(34-62(51)81-4)29-53-41-70(93-46-87-26-23-79-2)58(37-65(53)84-7)32-52-39-68(91-21-18-76)56(35-63(52)82-5)30-54-42-71(94-47-88-27-24-80-3)59(44-73)43-66(54)85-8/h9-15,33-43H,19-32,44-47H2,1-8H3. The zero-order valence-corrected chi connectivity index (χ0v) is 56.2. The second kappa shape index (κ2) is 39.3.